The Bertz CT molecular complexity index is 625. The SMILES string of the molecule is CCCCC(O)O[B][O-].c1ccc2cc3ccccc3cc2c1. The van der Waals surface area contributed by atoms with Gasteiger partial charge in [0.05, 0.1) is 0 Å². The zero-order valence-corrected chi connectivity index (χ0v) is 13.3. The van der Waals surface area contributed by atoms with Crippen molar-refractivity contribution in [3.63, 3.8) is 0 Å². The highest BCUT2D eigenvalue weighted by Gasteiger charge is 1.97. The molecule has 0 aliphatic heterocycles. The fraction of sp³-hybridized carbons (Fsp3) is 0.263. The predicted octanol–water partition coefficient (Wildman–Crippen LogP) is 3.40. The first kappa shape index (κ1) is 17.5. The van der Waals surface area contributed by atoms with Gasteiger partial charge in [0.15, 0.2) is 7.69 Å². The van der Waals surface area contributed by atoms with Crippen LogP contribution in [0.2, 0.25) is 0 Å². The molecule has 0 fully saturated rings. The van der Waals surface area contributed by atoms with Gasteiger partial charge >= 0.3 is 0 Å². The highest BCUT2D eigenvalue weighted by molar-refractivity contribution is 6.13. The molecule has 0 saturated carbocycles. The van der Waals surface area contributed by atoms with Crippen molar-refractivity contribution in [1.29, 1.82) is 0 Å². The molecule has 0 bridgehead atoms. The van der Waals surface area contributed by atoms with Crippen molar-refractivity contribution in [3.05, 3.63) is 60.7 Å². The summed E-state index contributed by atoms with van der Waals surface area (Å²) in [6.07, 6.45) is 1.52. The van der Waals surface area contributed by atoms with E-state index in [0.29, 0.717) is 6.42 Å². The number of benzene rings is 3. The van der Waals surface area contributed by atoms with Crippen LogP contribution in [0.4, 0.5) is 0 Å². The summed E-state index contributed by atoms with van der Waals surface area (Å²) in [5, 5.41) is 23.6. The van der Waals surface area contributed by atoms with Crippen molar-refractivity contribution in [3.8, 4) is 0 Å². The molecule has 3 nitrogen and oxygen atoms in total. The van der Waals surface area contributed by atoms with Crippen molar-refractivity contribution >= 4 is 29.2 Å². The Labute approximate surface area is 137 Å². The van der Waals surface area contributed by atoms with E-state index in [-0.39, 0.29) is 7.69 Å². The van der Waals surface area contributed by atoms with Gasteiger partial charge in [0.1, 0.15) is 6.29 Å². The topological polar surface area (TPSA) is 52.5 Å². The van der Waals surface area contributed by atoms with E-state index in [0.717, 1.165) is 12.8 Å². The molecular weight excluding hydrogens is 287 g/mol. The zero-order chi connectivity index (χ0) is 16.5. The first-order chi connectivity index (χ1) is 11.2. The highest BCUT2D eigenvalue weighted by Crippen LogP contribution is 2.21. The number of rotatable bonds is 5. The Kier molecular flexibility index (Phi) is 7.07. The molecule has 4 heteroatoms. The summed E-state index contributed by atoms with van der Waals surface area (Å²) in [5.41, 5.74) is 0. The summed E-state index contributed by atoms with van der Waals surface area (Å²) >= 11 is 0. The first-order valence-electron chi connectivity index (χ1n) is 7.89. The Morgan fingerprint density at radius 3 is 1.74 bits per heavy atom. The molecular formula is C19H21BO3-. The van der Waals surface area contributed by atoms with E-state index in [4.69, 9.17) is 5.11 Å². The minimum Gasteiger partial charge on any atom is -0.861 e. The largest absolute Gasteiger partial charge is 0.861 e. The average molecular weight is 308 g/mol. The van der Waals surface area contributed by atoms with Gasteiger partial charge in [-0.1, -0.05) is 61.9 Å². The fourth-order valence-corrected chi connectivity index (χ4v) is 2.39. The zero-order valence-electron chi connectivity index (χ0n) is 13.3. The van der Waals surface area contributed by atoms with Gasteiger partial charge in [-0.15, -0.1) is 0 Å². The van der Waals surface area contributed by atoms with Crippen LogP contribution in [0.3, 0.4) is 0 Å². The predicted molar refractivity (Wildman–Crippen MR) is 93.8 cm³/mol. The number of hydrogen-bond donors (Lipinski definition) is 1. The quantitative estimate of drug-likeness (QED) is 0.446. The maximum absolute atomic E-state index is 9.60. The second-order valence-corrected chi connectivity index (χ2v) is 5.38. The Hall–Kier alpha value is -1.88. The lowest BCUT2D eigenvalue weighted by Gasteiger charge is -2.12. The normalized spacial score (nSPS) is 11.8. The van der Waals surface area contributed by atoms with E-state index in [9.17, 15) is 5.02 Å². The molecule has 0 saturated heterocycles. The Morgan fingerprint density at radius 1 is 0.957 bits per heavy atom. The molecule has 1 N–H and O–H groups in total. The molecule has 0 amide bonds. The summed E-state index contributed by atoms with van der Waals surface area (Å²) in [5.74, 6) is 0. The number of hydrogen-bond acceptors (Lipinski definition) is 3. The number of aliphatic hydroxyl groups is 1. The van der Waals surface area contributed by atoms with Gasteiger partial charge in [-0.2, -0.15) is 0 Å². The van der Waals surface area contributed by atoms with E-state index in [1.54, 1.807) is 0 Å². The van der Waals surface area contributed by atoms with Gasteiger partial charge in [0.25, 0.3) is 0 Å². The molecule has 1 atom stereocenters. The Morgan fingerprint density at radius 2 is 1.39 bits per heavy atom. The minimum atomic E-state index is -0.901. The molecule has 3 aromatic rings. The van der Waals surface area contributed by atoms with Crippen molar-refractivity contribution < 1.29 is 14.8 Å². The maximum Gasteiger partial charge on any atom is 0.166 e. The van der Waals surface area contributed by atoms with Crippen LogP contribution >= 0.6 is 0 Å². The maximum atomic E-state index is 9.60. The third-order valence-electron chi connectivity index (χ3n) is 3.63. The molecule has 0 aliphatic rings. The van der Waals surface area contributed by atoms with Gasteiger partial charge in [-0.3, -0.25) is 0 Å². The molecule has 0 aliphatic carbocycles. The van der Waals surface area contributed by atoms with E-state index in [1.165, 1.54) is 21.5 Å². The molecule has 3 rings (SSSR count). The van der Waals surface area contributed by atoms with E-state index >= 15 is 0 Å². The number of unbranched alkanes of at least 4 members (excludes halogenated alkanes) is 1. The molecule has 0 spiro atoms. The van der Waals surface area contributed by atoms with Gasteiger partial charge in [0.2, 0.25) is 0 Å². The van der Waals surface area contributed by atoms with Crippen molar-refractivity contribution in [2.24, 2.45) is 0 Å². The second-order valence-electron chi connectivity index (χ2n) is 5.38. The smallest absolute Gasteiger partial charge is 0.166 e. The standard InChI is InChI=1S/C14H10.C5H11BO3/c1-2-6-12-10-14-8-4-3-7-13(14)9-11(12)5-1;1-2-3-4-5(7)9-6-8/h1-10H;5,7H,2-4H2,1H3/q;-1. The first-order valence-corrected chi connectivity index (χ1v) is 7.89. The monoisotopic (exact) mass is 308 g/mol. The molecule has 119 valence electrons. The lowest BCUT2D eigenvalue weighted by molar-refractivity contribution is -0.222. The van der Waals surface area contributed by atoms with Crippen molar-refractivity contribution in [2.75, 3.05) is 0 Å². The van der Waals surface area contributed by atoms with Crippen LogP contribution in [0.15, 0.2) is 60.7 Å². The summed E-state index contributed by atoms with van der Waals surface area (Å²) in [6, 6.07) is 21.4. The second kappa shape index (κ2) is 9.31. The summed E-state index contributed by atoms with van der Waals surface area (Å²) in [4.78, 5) is 0. The van der Waals surface area contributed by atoms with Crippen molar-refractivity contribution in [1.82, 2.24) is 0 Å². The summed E-state index contributed by atoms with van der Waals surface area (Å²) < 4.78 is 4.22. The lowest BCUT2D eigenvalue weighted by Crippen LogP contribution is -2.23. The molecule has 0 heterocycles. The van der Waals surface area contributed by atoms with Crippen LogP contribution in [0.1, 0.15) is 26.2 Å². The van der Waals surface area contributed by atoms with E-state index in [1.807, 2.05) is 6.92 Å². The van der Waals surface area contributed by atoms with Crippen LogP contribution in [0.25, 0.3) is 21.5 Å². The number of aliphatic hydroxyl groups excluding tert-OH is 1. The van der Waals surface area contributed by atoms with Crippen LogP contribution < -0.4 is 5.02 Å². The van der Waals surface area contributed by atoms with E-state index < -0.39 is 6.29 Å². The summed E-state index contributed by atoms with van der Waals surface area (Å²) in [7, 11) is 0.264. The van der Waals surface area contributed by atoms with Crippen molar-refractivity contribution in [2.45, 2.75) is 32.5 Å². The molecule has 1 unspecified atom stereocenters. The fourth-order valence-electron chi connectivity index (χ4n) is 2.39. The lowest BCUT2D eigenvalue weighted by atomic mass is 10.0. The van der Waals surface area contributed by atoms with Gasteiger partial charge < -0.3 is 14.8 Å². The van der Waals surface area contributed by atoms with E-state index in [2.05, 4.69) is 65.3 Å². The van der Waals surface area contributed by atoms with Crippen LogP contribution in [0.5, 0.6) is 0 Å². The molecule has 1 radical (unpaired) electrons. The van der Waals surface area contributed by atoms with Gasteiger partial charge in [0, 0.05) is 0 Å². The van der Waals surface area contributed by atoms with Gasteiger partial charge in [-0.05, 0) is 46.5 Å². The molecule has 0 aromatic heterocycles. The third-order valence-corrected chi connectivity index (χ3v) is 3.63. The van der Waals surface area contributed by atoms with Gasteiger partial charge in [-0.25, -0.2) is 0 Å². The molecule has 3 aromatic carbocycles. The highest BCUT2D eigenvalue weighted by atomic mass is 16.6. The Balaban J connectivity index is 0.000000188. The minimum absolute atomic E-state index is 0.264. The molecule has 23 heavy (non-hydrogen) atoms. The van der Waals surface area contributed by atoms with Crippen LogP contribution in [0, 0.1) is 0 Å². The third kappa shape index (κ3) is 5.36. The average Bonchev–Trinajstić information content (AvgIpc) is 2.59. The number of fused-ring (bicyclic) bond motifs is 2. The van der Waals surface area contributed by atoms with Crippen LogP contribution in [-0.4, -0.2) is 19.1 Å². The van der Waals surface area contributed by atoms with Crippen LogP contribution in [-0.2, 0) is 4.65 Å². The summed E-state index contributed by atoms with van der Waals surface area (Å²) in [6.45, 7) is 2.01.